The number of carbonyl (C=O) groups excluding carboxylic acids is 2. The third-order valence-corrected chi connectivity index (χ3v) is 5.63. The van der Waals surface area contributed by atoms with E-state index in [1.807, 2.05) is 0 Å². The molecule has 1 aliphatic rings. The average molecular weight is 340 g/mol. The molecule has 1 fully saturated rings. The van der Waals surface area contributed by atoms with E-state index in [1.54, 1.807) is 19.1 Å². The van der Waals surface area contributed by atoms with Gasteiger partial charge >= 0.3 is 5.97 Å². The molecule has 0 aliphatic carbocycles. The van der Waals surface area contributed by atoms with Crippen molar-refractivity contribution in [2.24, 2.45) is 0 Å². The van der Waals surface area contributed by atoms with Gasteiger partial charge < -0.3 is 9.64 Å². The van der Waals surface area contributed by atoms with Crippen molar-refractivity contribution in [2.45, 2.75) is 32.4 Å². The van der Waals surface area contributed by atoms with E-state index in [4.69, 9.17) is 4.74 Å². The molecule has 2 atom stereocenters. The first-order valence-corrected chi connectivity index (χ1v) is 9.12. The van der Waals surface area contributed by atoms with Gasteiger partial charge in [-0.05, 0) is 32.4 Å². The second kappa shape index (κ2) is 6.66. The molecule has 7 nitrogen and oxygen atoms in total. The quantitative estimate of drug-likeness (QED) is 0.744. The molecular formula is C15H20N2O5S. The second-order valence-corrected chi connectivity index (χ2v) is 7.97. The first-order valence-electron chi connectivity index (χ1n) is 7.30. The Morgan fingerprint density at radius 3 is 2.61 bits per heavy atom. The number of nitrogens with zero attached hydrogens (tertiary/aromatic N) is 2. The van der Waals surface area contributed by atoms with E-state index in [0.29, 0.717) is 6.42 Å². The zero-order valence-corrected chi connectivity index (χ0v) is 14.2. The smallest absolute Gasteiger partial charge is 0.340 e. The van der Waals surface area contributed by atoms with Crippen LogP contribution in [0.5, 0.6) is 0 Å². The van der Waals surface area contributed by atoms with Crippen LogP contribution >= 0.6 is 0 Å². The van der Waals surface area contributed by atoms with E-state index in [1.165, 1.54) is 25.1 Å². The SMILES string of the molecule is Cc1ccc(C(=O)O[C@H](C)C(=O)N(C)[C@H]2CCS(=O)(=O)C2)cn1. The number of hydrogen-bond donors (Lipinski definition) is 0. The Labute approximate surface area is 135 Å². The summed E-state index contributed by atoms with van der Waals surface area (Å²) in [4.78, 5) is 29.6. The molecule has 1 aromatic heterocycles. The zero-order valence-electron chi connectivity index (χ0n) is 13.4. The molecule has 1 saturated heterocycles. The number of aryl methyl sites for hydroxylation is 1. The highest BCUT2D eigenvalue weighted by Crippen LogP contribution is 2.18. The minimum absolute atomic E-state index is 0.0439. The van der Waals surface area contributed by atoms with Gasteiger partial charge in [-0.1, -0.05) is 0 Å². The lowest BCUT2D eigenvalue weighted by Crippen LogP contribution is -2.44. The van der Waals surface area contributed by atoms with Gasteiger partial charge in [0.1, 0.15) is 0 Å². The fraction of sp³-hybridized carbons (Fsp3) is 0.533. The van der Waals surface area contributed by atoms with Gasteiger partial charge in [-0.2, -0.15) is 0 Å². The van der Waals surface area contributed by atoms with E-state index in [9.17, 15) is 18.0 Å². The molecule has 23 heavy (non-hydrogen) atoms. The number of ether oxygens (including phenoxy) is 1. The molecule has 0 bridgehead atoms. The molecule has 2 rings (SSSR count). The van der Waals surface area contributed by atoms with E-state index in [0.717, 1.165) is 5.69 Å². The van der Waals surface area contributed by atoms with Crippen molar-refractivity contribution >= 4 is 21.7 Å². The Morgan fingerprint density at radius 1 is 1.39 bits per heavy atom. The number of sulfone groups is 1. The van der Waals surface area contributed by atoms with Gasteiger partial charge in [0.15, 0.2) is 15.9 Å². The molecule has 0 radical (unpaired) electrons. The van der Waals surface area contributed by atoms with Crippen molar-refractivity contribution in [3.63, 3.8) is 0 Å². The van der Waals surface area contributed by atoms with E-state index in [-0.39, 0.29) is 23.1 Å². The van der Waals surface area contributed by atoms with E-state index >= 15 is 0 Å². The number of amides is 1. The first-order chi connectivity index (χ1) is 10.7. The maximum atomic E-state index is 12.3. The molecule has 1 aliphatic heterocycles. The highest BCUT2D eigenvalue weighted by atomic mass is 32.2. The van der Waals surface area contributed by atoms with Crippen LogP contribution in [0.15, 0.2) is 18.3 Å². The summed E-state index contributed by atoms with van der Waals surface area (Å²) >= 11 is 0. The summed E-state index contributed by atoms with van der Waals surface area (Å²) in [5, 5.41) is 0. The van der Waals surface area contributed by atoms with Crippen LogP contribution in [0.3, 0.4) is 0 Å². The van der Waals surface area contributed by atoms with E-state index < -0.39 is 27.8 Å². The van der Waals surface area contributed by atoms with Crippen molar-refractivity contribution in [1.82, 2.24) is 9.88 Å². The summed E-state index contributed by atoms with van der Waals surface area (Å²) < 4.78 is 28.1. The number of aromatic nitrogens is 1. The molecule has 0 aromatic carbocycles. The summed E-state index contributed by atoms with van der Waals surface area (Å²) in [6.07, 6.45) is 0.812. The third kappa shape index (κ3) is 4.28. The predicted molar refractivity (Wildman–Crippen MR) is 83.7 cm³/mol. The fourth-order valence-electron chi connectivity index (χ4n) is 2.42. The summed E-state index contributed by atoms with van der Waals surface area (Å²) in [7, 11) is -1.55. The standard InChI is InChI=1S/C15H20N2O5S/c1-10-4-5-12(8-16-10)15(19)22-11(2)14(18)17(3)13-6-7-23(20,21)9-13/h4-5,8,11,13H,6-7,9H2,1-3H3/t11-,13+/m1/s1. The Balaban J connectivity index is 1.97. The molecule has 0 saturated carbocycles. The van der Waals surface area contributed by atoms with Crippen molar-refractivity contribution in [2.75, 3.05) is 18.6 Å². The highest BCUT2D eigenvalue weighted by Gasteiger charge is 2.35. The minimum Gasteiger partial charge on any atom is -0.449 e. The van der Waals surface area contributed by atoms with Crippen molar-refractivity contribution < 1.29 is 22.7 Å². The van der Waals surface area contributed by atoms with Gasteiger partial charge in [0.2, 0.25) is 0 Å². The molecule has 1 amide bonds. The molecule has 126 valence electrons. The molecule has 0 unspecified atom stereocenters. The summed E-state index contributed by atoms with van der Waals surface area (Å²) in [5.41, 5.74) is 1.04. The lowest BCUT2D eigenvalue weighted by atomic mass is 10.2. The van der Waals surface area contributed by atoms with Crippen LogP contribution in [0, 0.1) is 6.92 Å². The van der Waals surface area contributed by atoms with Gasteiger partial charge in [-0.25, -0.2) is 13.2 Å². The third-order valence-electron chi connectivity index (χ3n) is 3.88. The van der Waals surface area contributed by atoms with E-state index in [2.05, 4.69) is 4.98 Å². The van der Waals surface area contributed by atoms with Crippen molar-refractivity contribution in [3.8, 4) is 0 Å². The largest absolute Gasteiger partial charge is 0.449 e. The first kappa shape index (κ1) is 17.4. The van der Waals surface area contributed by atoms with Crippen LogP contribution in [0.1, 0.15) is 29.4 Å². The number of carbonyl (C=O) groups is 2. The van der Waals surface area contributed by atoms with Gasteiger partial charge in [0.05, 0.1) is 17.1 Å². The molecule has 8 heteroatoms. The van der Waals surface area contributed by atoms with Gasteiger partial charge in [-0.3, -0.25) is 9.78 Å². The summed E-state index contributed by atoms with van der Waals surface area (Å²) in [6, 6.07) is 2.89. The lowest BCUT2D eigenvalue weighted by Gasteiger charge is -2.26. The van der Waals surface area contributed by atoms with Crippen LogP contribution < -0.4 is 0 Å². The van der Waals surface area contributed by atoms with Crippen LogP contribution in [0.25, 0.3) is 0 Å². The maximum absolute atomic E-state index is 12.3. The summed E-state index contributed by atoms with van der Waals surface area (Å²) in [5.74, 6) is -1.01. The van der Waals surface area contributed by atoms with Crippen LogP contribution in [-0.2, 0) is 19.4 Å². The van der Waals surface area contributed by atoms with Crippen LogP contribution in [-0.4, -0.2) is 60.9 Å². The van der Waals surface area contributed by atoms with Crippen molar-refractivity contribution in [3.05, 3.63) is 29.6 Å². The van der Waals surface area contributed by atoms with Gasteiger partial charge in [0.25, 0.3) is 5.91 Å². The number of rotatable bonds is 4. The molecule has 2 heterocycles. The molecule has 0 N–H and O–H groups in total. The van der Waals surface area contributed by atoms with Gasteiger partial charge in [0, 0.05) is 25.0 Å². The van der Waals surface area contributed by atoms with Gasteiger partial charge in [-0.15, -0.1) is 0 Å². The maximum Gasteiger partial charge on any atom is 0.340 e. The Kier molecular flexibility index (Phi) is 5.03. The van der Waals surface area contributed by atoms with Crippen LogP contribution in [0.2, 0.25) is 0 Å². The number of esters is 1. The van der Waals surface area contributed by atoms with Crippen molar-refractivity contribution in [1.29, 1.82) is 0 Å². The highest BCUT2D eigenvalue weighted by molar-refractivity contribution is 7.91. The fourth-order valence-corrected chi connectivity index (χ4v) is 4.19. The second-order valence-electron chi connectivity index (χ2n) is 5.74. The Morgan fingerprint density at radius 2 is 2.09 bits per heavy atom. The Hall–Kier alpha value is -1.96. The number of hydrogen-bond acceptors (Lipinski definition) is 6. The summed E-state index contributed by atoms with van der Waals surface area (Å²) in [6.45, 7) is 3.27. The topological polar surface area (TPSA) is 93.6 Å². The lowest BCUT2D eigenvalue weighted by molar-refractivity contribution is -0.140. The number of likely N-dealkylation sites (N-methyl/N-ethyl adjacent to an activating group) is 1. The monoisotopic (exact) mass is 340 g/mol. The predicted octanol–water partition coefficient (Wildman–Crippen LogP) is 0.581. The van der Waals surface area contributed by atoms with Crippen LogP contribution in [0.4, 0.5) is 0 Å². The average Bonchev–Trinajstić information content (AvgIpc) is 2.86. The molecular weight excluding hydrogens is 320 g/mol. The zero-order chi connectivity index (χ0) is 17.2. The molecule has 0 spiro atoms. The molecule has 1 aromatic rings. The Bertz CT molecular complexity index is 699. The number of pyridine rings is 1. The normalized spacial score (nSPS) is 20.7. The minimum atomic E-state index is -3.08.